The SMILES string of the molecule is CCC1CCCN1C(=O)N1CCCCCC1. The monoisotopic (exact) mass is 224 g/mol. The Morgan fingerprint density at radius 3 is 2.38 bits per heavy atom. The Bertz CT molecular complexity index is 234. The highest BCUT2D eigenvalue weighted by Gasteiger charge is 2.30. The first-order chi connectivity index (χ1) is 7.83. The number of carbonyl (C=O) groups excluding carboxylic acids is 1. The summed E-state index contributed by atoms with van der Waals surface area (Å²) in [5.41, 5.74) is 0. The molecule has 0 aromatic rings. The van der Waals surface area contributed by atoms with Gasteiger partial charge >= 0.3 is 6.03 Å². The number of carbonyl (C=O) groups is 1. The molecule has 92 valence electrons. The predicted octanol–water partition coefficient (Wildman–Crippen LogP) is 2.86. The van der Waals surface area contributed by atoms with Crippen molar-refractivity contribution in [2.24, 2.45) is 0 Å². The van der Waals surface area contributed by atoms with Crippen molar-refractivity contribution in [3.05, 3.63) is 0 Å². The molecule has 2 aliphatic heterocycles. The molecule has 0 bridgehead atoms. The third-order valence-electron chi connectivity index (χ3n) is 3.97. The zero-order valence-electron chi connectivity index (χ0n) is 10.5. The summed E-state index contributed by atoms with van der Waals surface area (Å²) in [5.74, 6) is 0. The van der Waals surface area contributed by atoms with E-state index in [0.717, 1.165) is 26.1 Å². The largest absolute Gasteiger partial charge is 0.325 e. The van der Waals surface area contributed by atoms with Gasteiger partial charge in [0.25, 0.3) is 0 Å². The maximum atomic E-state index is 12.4. The molecule has 0 N–H and O–H groups in total. The fourth-order valence-electron chi connectivity index (χ4n) is 2.96. The first kappa shape index (κ1) is 11.7. The Balaban J connectivity index is 1.94. The van der Waals surface area contributed by atoms with Gasteiger partial charge in [-0.15, -0.1) is 0 Å². The molecular weight excluding hydrogens is 200 g/mol. The van der Waals surface area contributed by atoms with Crippen molar-refractivity contribution in [3.63, 3.8) is 0 Å². The standard InChI is InChI=1S/C13H24N2O/c1-2-12-8-7-11-15(12)13(16)14-9-5-3-4-6-10-14/h12H,2-11H2,1H3. The van der Waals surface area contributed by atoms with E-state index in [0.29, 0.717) is 12.1 Å². The van der Waals surface area contributed by atoms with E-state index in [9.17, 15) is 4.79 Å². The first-order valence-electron chi connectivity index (χ1n) is 6.88. The lowest BCUT2D eigenvalue weighted by atomic mass is 10.2. The van der Waals surface area contributed by atoms with E-state index >= 15 is 0 Å². The summed E-state index contributed by atoms with van der Waals surface area (Å²) >= 11 is 0. The van der Waals surface area contributed by atoms with Gasteiger partial charge in [-0.1, -0.05) is 19.8 Å². The molecule has 1 unspecified atom stereocenters. The third kappa shape index (κ3) is 2.50. The van der Waals surface area contributed by atoms with E-state index in [-0.39, 0.29) is 0 Å². The molecule has 3 heteroatoms. The van der Waals surface area contributed by atoms with Crippen LogP contribution < -0.4 is 0 Å². The molecule has 0 aromatic heterocycles. The van der Waals surface area contributed by atoms with Gasteiger partial charge in [0.1, 0.15) is 0 Å². The third-order valence-corrected chi connectivity index (χ3v) is 3.97. The van der Waals surface area contributed by atoms with Crippen LogP contribution in [0.2, 0.25) is 0 Å². The number of urea groups is 1. The van der Waals surface area contributed by atoms with Gasteiger partial charge in [-0.05, 0) is 32.1 Å². The fourth-order valence-corrected chi connectivity index (χ4v) is 2.96. The average Bonchev–Trinajstić information content (AvgIpc) is 2.61. The summed E-state index contributed by atoms with van der Waals surface area (Å²) in [5, 5.41) is 0. The van der Waals surface area contributed by atoms with Crippen molar-refractivity contribution in [1.29, 1.82) is 0 Å². The summed E-state index contributed by atoms with van der Waals surface area (Å²) in [6, 6.07) is 0.821. The molecule has 0 aliphatic carbocycles. The average molecular weight is 224 g/mol. The molecular formula is C13H24N2O. The van der Waals surface area contributed by atoms with Gasteiger partial charge in [0, 0.05) is 25.7 Å². The maximum Gasteiger partial charge on any atom is 0.320 e. The molecule has 2 saturated heterocycles. The second-order valence-electron chi connectivity index (χ2n) is 5.08. The summed E-state index contributed by atoms with van der Waals surface area (Å²) in [7, 11) is 0. The second kappa shape index (κ2) is 5.55. The van der Waals surface area contributed by atoms with Crippen molar-refractivity contribution in [3.8, 4) is 0 Å². The quantitative estimate of drug-likeness (QED) is 0.672. The van der Waals surface area contributed by atoms with Gasteiger partial charge in [0.2, 0.25) is 0 Å². The molecule has 16 heavy (non-hydrogen) atoms. The van der Waals surface area contributed by atoms with E-state index in [4.69, 9.17) is 0 Å². The molecule has 3 nitrogen and oxygen atoms in total. The molecule has 2 heterocycles. The van der Waals surface area contributed by atoms with Crippen LogP contribution in [0.5, 0.6) is 0 Å². The summed E-state index contributed by atoms with van der Waals surface area (Å²) < 4.78 is 0. The summed E-state index contributed by atoms with van der Waals surface area (Å²) in [6.45, 7) is 5.13. The van der Waals surface area contributed by atoms with Gasteiger partial charge in [0.05, 0.1) is 0 Å². The highest BCUT2D eigenvalue weighted by Crippen LogP contribution is 2.22. The van der Waals surface area contributed by atoms with Gasteiger partial charge in [-0.3, -0.25) is 0 Å². The van der Waals surface area contributed by atoms with E-state index in [1.54, 1.807) is 0 Å². The predicted molar refractivity (Wildman–Crippen MR) is 65.5 cm³/mol. The zero-order valence-corrected chi connectivity index (χ0v) is 10.5. The number of likely N-dealkylation sites (tertiary alicyclic amines) is 2. The molecule has 2 fully saturated rings. The normalized spacial score (nSPS) is 26.9. The minimum atomic E-state index is 0.311. The van der Waals surface area contributed by atoms with Crippen LogP contribution >= 0.6 is 0 Å². The molecule has 0 aromatic carbocycles. The minimum Gasteiger partial charge on any atom is -0.325 e. The fraction of sp³-hybridized carbons (Fsp3) is 0.923. The Labute approximate surface area is 98.8 Å². The summed E-state index contributed by atoms with van der Waals surface area (Å²) in [6.07, 6.45) is 8.47. The van der Waals surface area contributed by atoms with Gasteiger partial charge in [0.15, 0.2) is 0 Å². The van der Waals surface area contributed by atoms with Crippen molar-refractivity contribution in [2.45, 2.75) is 57.9 Å². The van der Waals surface area contributed by atoms with E-state index in [1.165, 1.54) is 38.5 Å². The van der Waals surface area contributed by atoms with E-state index in [2.05, 4.69) is 16.7 Å². The molecule has 1 atom stereocenters. The van der Waals surface area contributed by atoms with Crippen molar-refractivity contribution in [2.75, 3.05) is 19.6 Å². The maximum absolute atomic E-state index is 12.4. The van der Waals surface area contributed by atoms with Crippen LogP contribution in [0.1, 0.15) is 51.9 Å². The van der Waals surface area contributed by atoms with Crippen LogP contribution in [-0.4, -0.2) is 41.5 Å². The molecule has 0 saturated carbocycles. The molecule has 2 aliphatic rings. The lowest BCUT2D eigenvalue weighted by Gasteiger charge is -2.30. The Morgan fingerprint density at radius 2 is 1.75 bits per heavy atom. The molecule has 2 rings (SSSR count). The van der Waals surface area contributed by atoms with Crippen LogP contribution in [0, 0.1) is 0 Å². The topological polar surface area (TPSA) is 23.6 Å². The number of rotatable bonds is 1. The Hall–Kier alpha value is -0.730. The zero-order chi connectivity index (χ0) is 11.4. The molecule has 2 amide bonds. The number of hydrogen-bond acceptors (Lipinski definition) is 1. The second-order valence-corrected chi connectivity index (χ2v) is 5.08. The number of hydrogen-bond donors (Lipinski definition) is 0. The van der Waals surface area contributed by atoms with Crippen molar-refractivity contribution in [1.82, 2.24) is 9.80 Å². The Morgan fingerprint density at radius 1 is 1.06 bits per heavy atom. The van der Waals surface area contributed by atoms with Crippen LogP contribution in [0.15, 0.2) is 0 Å². The van der Waals surface area contributed by atoms with E-state index in [1.807, 2.05) is 0 Å². The number of nitrogens with zero attached hydrogens (tertiary/aromatic N) is 2. The van der Waals surface area contributed by atoms with Crippen LogP contribution in [0.25, 0.3) is 0 Å². The van der Waals surface area contributed by atoms with E-state index < -0.39 is 0 Å². The van der Waals surface area contributed by atoms with Crippen molar-refractivity contribution < 1.29 is 4.79 Å². The highest BCUT2D eigenvalue weighted by molar-refractivity contribution is 5.75. The Kier molecular flexibility index (Phi) is 4.08. The first-order valence-corrected chi connectivity index (χ1v) is 6.88. The lowest BCUT2D eigenvalue weighted by molar-refractivity contribution is 0.148. The molecule has 0 radical (unpaired) electrons. The number of amides is 2. The van der Waals surface area contributed by atoms with Crippen molar-refractivity contribution >= 4 is 6.03 Å². The van der Waals surface area contributed by atoms with Gasteiger partial charge in [-0.25, -0.2) is 4.79 Å². The highest BCUT2D eigenvalue weighted by atomic mass is 16.2. The van der Waals surface area contributed by atoms with Gasteiger partial charge in [-0.2, -0.15) is 0 Å². The minimum absolute atomic E-state index is 0.311. The lowest BCUT2D eigenvalue weighted by Crippen LogP contribution is -2.45. The smallest absolute Gasteiger partial charge is 0.320 e. The molecule has 0 spiro atoms. The summed E-state index contributed by atoms with van der Waals surface area (Å²) in [4.78, 5) is 16.6. The van der Waals surface area contributed by atoms with Crippen LogP contribution in [-0.2, 0) is 0 Å². The van der Waals surface area contributed by atoms with Crippen LogP contribution in [0.3, 0.4) is 0 Å². The van der Waals surface area contributed by atoms with Gasteiger partial charge < -0.3 is 9.80 Å². The van der Waals surface area contributed by atoms with Crippen LogP contribution in [0.4, 0.5) is 4.79 Å².